The fourth-order valence-electron chi connectivity index (χ4n) is 2.80. The van der Waals surface area contributed by atoms with Crippen molar-refractivity contribution in [2.24, 2.45) is 0 Å². The van der Waals surface area contributed by atoms with Gasteiger partial charge in [0.15, 0.2) is 0 Å². The first-order valence-electron chi connectivity index (χ1n) is 8.89. The van der Waals surface area contributed by atoms with Gasteiger partial charge in [-0.15, -0.1) is 18.3 Å². The number of carbonyl (C=O) groups is 1. The quantitative estimate of drug-likeness (QED) is 0.613. The van der Waals surface area contributed by atoms with E-state index in [1.165, 1.54) is 30.5 Å². The van der Waals surface area contributed by atoms with Gasteiger partial charge < -0.3 is 10.1 Å². The average Bonchev–Trinajstić information content (AvgIpc) is 2.69. The summed E-state index contributed by atoms with van der Waals surface area (Å²) in [5.74, 6) is -0.909. The predicted octanol–water partition coefficient (Wildman–Crippen LogP) is 2.30. The second kappa shape index (κ2) is 8.84. The molecule has 3 aromatic rings. The molecule has 2 atom stereocenters. The molecule has 0 aliphatic heterocycles. The fraction of sp³-hybridized carbons (Fsp3) is 0.263. The third-order valence-electron chi connectivity index (χ3n) is 4.31. The Morgan fingerprint density at radius 1 is 1.23 bits per heavy atom. The summed E-state index contributed by atoms with van der Waals surface area (Å²) in [6.07, 6.45) is -3.29. The highest BCUT2D eigenvalue weighted by molar-refractivity contribution is 7.84. The van der Waals surface area contributed by atoms with Crippen molar-refractivity contribution in [1.82, 2.24) is 20.3 Å². The Bertz CT molecular complexity index is 1200. The molecule has 3 rings (SSSR count). The Labute approximate surface area is 176 Å². The van der Waals surface area contributed by atoms with Crippen molar-refractivity contribution in [3.8, 4) is 5.75 Å². The van der Waals surface area contributed by atoms with E-state index in [0.29, 0.717) is 10.5 Å². The van der Waals surface area contributed by atoms with Crippen LogP contribution in [0.4, 0.5) is 13.2 Å². The summed E-state index contributed by atoms with van der Waals surface area (Å²) in [6.45, 7) is 1.24. The molecule has 1 amide bonds. The Kier molecular flexibility index (Phi) is 6.39. The number of halogens is 3. The van der Waals surface area contributed by atoms with E-state index in [-0.39, 0.29) is 16.7 Å². The maximum atomic E-state index is 12.6. The molecular weight excluding hydrogens is 437 g/mol. The monoisotopic (exact) mass is 454 g/mol. The van der Waals surface area contributed by atoms with Crippen LogP contribution in [0.1, 0.15) is 18.5 Å². The minimum absolute atomic E-state index is 0.227. The molecule has 1 aromatic heterocycles. The molecule has 1 heterocycles. The zero-order valence-corrected chi connectivity index (χ0v) is 17.2. The van der Waals surface area contributed by atoms with Crippen LogP contribution in [0.25, 0.3) is 10.9 Å². The lowest BCUT2D eigenvalue weighted by Gasteiger charge is -2.15. The van der Waals surface area contributed by atoms with E-state index in [0.717, 1.165) is 16.8 Å². The van der Waals surface area contributed by atoms with Crippen LogP contribution in [0.5, 0.6) is 5.75 Å². The van der Waals surface area contributed by atoms with Gasteiger partial charge in [-0.1, -0.05) is 17.3 Å². The number of fused-ring (bicyclic) bond motifs is 1. The van der Waals surface area contributed by atoms with E-state index in [4.69, 9.17) is 0 Å². The van der Waals surface area contributed by atoms with Gasteiger partial charge in [0.25, 0.3) is 5.56 Å². The van der Waals surface area contributed by atoms with Gasteiger partial charge in [-0.2, -0.15) is 0 Å². The molecule has 2 aromatic carbocycles. The maximum absolute atomic E-state index is 12.6. The molecule has 0 spiro atoms. The first-order chi connectivity index (χ1) is 14.5. The summed E-state index contributed by atoms with van der Waals surface area (Å²) < 4.78 is 53.0. The van der Waals surface area contributed by atoms with Crippen LogP contribution in [0.2, 0.25) is 0 Å². The number of benzene rings is 2. The fourth-order valence-corrected chi connectivity index (χ4v) is 3.34. The summed E-state index contributed by atoms with van der Waals surface area (Å²) >= 11 is 0. The number of hydrogen-bond acceptors (Lipinski definition) is 6. The zero-order chi connectivity index (χ0) is 22.8. The molecule has 0 aliphatic carbocycles. The van der Waals surface area contributed by atoms with Crippen molar-refractivity contribution in [2.45, 2.75) is 30.8 Å². The molecule has 0 aliphatic rings. The summed E-state index contributed by atoms with van der Waals surface area (Å²) in [5, 5.41) is 10.5. The van der Waals surface area contributed by atoms with E-state index >= 15 is 0 Å². The lowest BCUT2D eigenvalue weighted by atomic mass is 10.1. The van der Waals surface area contributed by atoms with Gasteiger partial charge in [-0.05, 0) is 42.8 Å². The van der Waals surface area contributed by atoms with Crippen LogP contribution in [-0.4, -0.2) is 37.7 Å². The summed E-state index contributed by atoms with van der Waals surface area (Å²) in [7, 11) is -1.24. The molecule has 164 valence electrons. The van der Waals surface area contributed by atoms with Crippen LogP contribution in [0, 0.1) is 0 Å². The molecular formula is C19H17F3N4O4S. The van der Waals surface area contributed by atoms with Gasteiger partial charge >= 0.3 is 6.36 Å². The number of carbonyl (C=O) groups excluding carboxylic acids is 1. The van der Waals surface area contributed by atoms with Gasteiger partial charge in [0.2, 0.25) is 5.91 Å². The van der Waals surface area contributed by atoms with E-state index < -0.39 is 41.2 Å². The minimum atomic E-state index is -4.79. The van der Waals surface area contributed by atoms with Gasteiger partial charge in [0.05, 0.1) is 11.4 Å². The molecule has 1 unspecified atom stereocenters. The van der Waals surface area contributed by atoms with Crippen molar-refractivity contribution in [1.29, 1.82) is 0 Å². The highest BCUT2D eigenvalue weighted by Crippen LogP contribution is 2.24. The Morgan fingerprint density at radius 3 is 2.52 bits per heavy atom. The summed E-state index contributed by atoms with van der Waals surface area (Å²) in [4.78, 5) is 25.4. The predicted molar refractivity (Wildman–Crippen MR) is 106 cm³/mol. The Balaban J connectivity index is 1.69. The molecule has 8 nitrogen and oxygen atoms in total. The van der Waals surface area contributed by atoms with Crippen LogP contribution in [0.3, 0.4) is 0 Å². The number of nitrogens with zero attached hydrogens (tertiary/aromatic N) is 3. The van der Waals surface area contributed by atoms with Crippen molar-refractivity contribution in [2.75, 3.05) is 6.26 Å². The highest BCUT2D eigenvalue weighted by atomic mass is 32.2. The van der Waals surface area contributed by atoms with E-state index in [1.807, 2.05) is 0 Å². The van der Waals surface area contributed by atoms with Crippen molar-refractivity contribution in [3.05, 3.63) is 58.4 Å². The average molecular weight is 454 g/mol. The van der Waals surface area contributed by atoms with Gasteiger partial charge in [-0.25, -0.2) is 4.68 Å². The van der Waals surface area contributed by atoms with Crippen LogP contribution < -0.4 is 15.6 Å². The van der Waals surface area contributed by atoms with E-state index in [1.54, 1.807) is 13.0 Å². The Morgan fingerprint density at radius 2 is 1.90 bits per heavy atom. The second-order valence-corrected chi connectivity index (χ2v) is 7.97. The van der Waals surface area contributed by atoms with Gasteiger partial charge in [-0.3, -0.25) is 13.8 Å². The normalized spacial score (nSPS) is 13.6. The number of hydrogen-bond donors (Lipinski definition) is 1. The van der Waals surface area contributed by atoms with Crippen LogP contribution >= 0.6 is 0 Å². The highest BCUT2D eigenvalue weighted by Gasteiger charge is 2.31. The molecule has 0 fully saturated rings. The molecule has 31 heavy (non-hydrogen) atoms. The van der Waals surface area contributed by atoms with Gasteiger partial charge in [0.1, 0.15) is 17.8 Å². The Hall–Kier alpha value is -3.28. The number of amides is 1. The second-order valence-electron chi connectivity index (χ2n) is 6.59. The number of alkyl halides is 3. The number of nitrogens with one attached hydrogen (secondary N) is 1. The molecule has 1 N–H and O–H groups in total. The minimum Gasteiger partial charge on any atom is -0.406 e. The first-order valence-corrected chi connectivity index (χ1v) is 10.5. The van der Waals surface area contributed by atoms with Crippen molar-refractivity contribution in [3.63, 3.8) is 0 Å². The van der Waals surface area contributed by atoms with Crippen molar-refractivity contribution < 1.29 is 26.9 Å². The standard InChI is InChI=1S/C19H17F3N4O4S/c1-11(12-3-5-13(6-4-12)30-19(20,21)22)23-17(27)10-26-18(28)15-8-7-14(31(2)29)9-16(15)24-25-26/h3-9,11H,10H2,1-2H3,(H,23,27)/t11-,31?/m0/s1. The molecule has 12 heteroatoms. The maximum Gasteiger partial charge on any atom is 0.573 e. The summed E-state index contributed by atoms with van der Waals surface area (Å²) in [5.41, 5.74) is 0.277. The molecule has 0 saturated carbocycles. The largest absolute Gasteiger partial charge is 0.573 e. The summed E-state index contributed by atoms with van der Waals surface area (Å²) in [6, 6.07) is 9.04. The zero-order valence-electron chi connectivity index (χ0n) is 16.3. The van der Waals surface area contributed by atoms with E-state index in [9.17, 15) is 27.0 Å². The smallest absolute Gasteiger partial charge is 0.406 e. The van der Waals surface area contributed by atoms with Crippen LogP contribution in [0.15, 0.2) is 52.2 Å². The first kappa shape index (κ1) is 22.4. The van der Waals surface area contributed by atoms with Crippen molar-refractivity contribution >= 4 is 27.6 Å². The molecule has 0 radical (unpaired) electrons. The van der Waals surface area contributed by atoms with Crippen LogP contribution in [-0.2, 0) is 22.1 Å². The SMILES string of the molecule is C[C@H](NC(=O)Cn1nnc2cc(S(C)=O)ccc2c1=O)c1ccc(OC(F)(F)F)cc1. The third-order valence-corrected chi connectivity index (χ3v) is 5.23. The topological polar surface area (TPSA) is 103 Å². The number of ether oxygens (including phenoxy) is 1. The third kappa shape index (κ3) is 5.66. The molecule has 0 saturated heterocycles. The lowest BCUT2D eigenvalue weighted by Crippen LogP contribution is -2.35. The van der Waals surface area contributed by atoms with Gasteiger partial charge in [0, 0.05) is 22.0 Å². The van der Waals surface area contributed by atoms with E-state index in [2.05, 4.69) is 20.4 Å². The molecule has 0 bridgehead atoms. The number of aromatic nitrogens is 3. The number of rotatable bonds is 6. The lowest BCUT2D eigenvalue weighted by molar-refractivity contribution is -0.274.